The second-order valence-electron chi connectivity index (χ2n) is 8.60. The van der Waals surface area contributed by atoms with E-state index in [1.807, 2.05) is 41.8 Å². The molecule has 2 N–H and O–H groups in total. The van der Waals surface area contributed by atoms with Crippen LogP contribution in [0.5, 0.6) is 0 Å². The van der Waals surface area contributed by atoms with Crippen molar-refractivity contribution in [2.75, 3.05) is 13.1 Å². The van der Waals surface area contributed by atoms with Crippen molar-refractivity contribution in [3.8, 4) is 10.6 Å². The summed E-state index contributed by atoms with van der Waals surface area (Å²) in [6.07, 6.45) is 5.51. The van der Waals surface area contributed by atoms with Gasteiger partial charge in [-0.25, -0.2) is 14.5 Å². The summed E-state index contributed by atoms with van der Waals surface area (Å²) < 4.78 is 1.93. The Kier molecular flexibility index (Phi) is 7.66. The first-order valence-corrected chi connectivity index (χ1v) is 12.2. The van der Waals surface area contributed by atoms with Crippen LogP contribution in [0.25, 0.3) is 21.7 Å². The Labute approximate surface area is 193 Å². The van der Waals surface area contributed by atoms with Crippen molar-refractivity contribution in [3.05, 3.63) is 35.0 Å². The zero-order valence-electron chi connectivity index (χ0n) is 19.9. The van der Waals surface area contributed by atoms with Gasteiger partial charge in [-0.3, -0.25) is 9.59 Å². The number of carbonyl (C=O) groups excluding carboxylic acids is 2. The molecule has 0 aliphatic carbocycles. The maximum absolute atomic E-state index is 13.0. The molecule has 0 aliphatic rings. The minimum atomic E-state index is -0.140. The number of aromatic amines is 1. The quantitative estimate of drug-likeness (QED) is 0.475. The first kappa shape index (κ1) is 23.9. The summed E-state index contributed by atoms with van der Waals surface area (Å²) in [6.45, 7) is 11.8. The lowest BCUT2D eigenvalue weighted by atomic mass is 10.1. The molecule has 0 aromatic carbocycles. The topological polar surface area (TPSA) is 82.0 Å². The minimum absolute atomic E-state index is 0.0597. The van der Waals surface area contributed by atoms with E-state index in [-0.39, 0.29) is 17.9 Å². The van der Waals surface area contributed by atoms with Gasteiger partial charge < -0.3 is 10.2 Å². The largest absolute Gasteiger partial charge is 0.349 e. The van der Waals surface area contributed by atoms with Gasteiger partial charge in [0.15, 0.2) is 5.52 Å². The molecule has 3 aromatic rings. The summed E-state index contributed by atoms with van der Waals surface area (Å²) in [4.78, 5) is 37.3. The number of aromatic nitrogens is 3. The third-order valence-electron chi connectivity index (χ3n) is 5.68. The highest BCUT2D eigenvalue weighted by Gasteiger charge is 2.24. The lowest BCUT2D eigenvalue weighted by Crippen LogP contribution is -2.36. The highest BCUT2D eigenvalue weighted by atomic mass is 32.1. The lowest BCUT2D eigenvalue weighted by molar-refractivity contribution is -0.646. The summed E-state index contributed by atoms with van der Waals surface area (Å²) >= 11 is 1.45. The molecular weight excluding hydrogens is 422 g/mol. The third-order valence-corrected chi connectivity index (χ3v) is 6.78. The van der Waals surface area contributed by atoms with Crippen molar-refractivity contribution < 1.29 is 14.2 Å². The molecule has 2 amide bonds. The second kappa shape index (κ2) is 10.3. The van der Waals surface area contributed by atoms with E-state index in [1.165, 1.54) is 11.3 Å². The van der Waals surface area contributed by atoms with Gasteiger partial charge in [0.2, 0.25) is 0 Å². The van der Waals surface area contributed by atoms with Crippen LogP contribution in [0.3, 0.4) is 0 Å². The number of nitrogens with zero attached hydrogens (tertiary/aromatic N) is 3. The van der Waals surface area contributed by atoms with Gasteiger partial charge in [0, 0.05) is 19.1 Å². The molecule has 3 heterocycles. The molecular formula is C24H34N5O2S+. The Bertz CT molecular complexity index is 1100. The highest BCUT2D eigenvalue weighted by molar-refractivity contribution is 7.17. The maximum atomic E-state index is 13.0. The molecule has 0 radical (unpaired) electrons. The number of hydrogen-bond acceptors (Lipinski definition) is 4. The van der Waals surface area contributed by atoms with Gasteiger partial charge in [-0.2, -0.15) is 0 Å². The normalized spacial score (nSPS) is 12.3. The van der Waals surface area contributed by atoms with E-state index in [1.54, 1.807) is 6.20 Å². The number of nitrogens with one attached hydrogen (secondary N) is 2. The van der Waals surface area contributed by atoms with Crippen LogP contribution in [-0.4, -0.2) is 45.8 Å². The Morgan fingerprint density at radius 1 is 1.19 bits per heavy atom. The summed E-state index contributed by atoms with van der Waals surface area (Å²) in [7, 11) is 1.92. The molecule has 1 unspecified atom stereocenters. The van der Waals surface area contributed by atoms with Crippen molar-refractivity contribution in [2.24, 2.45) is 13.0 Å². The van der Waals surface area contributed by atoms with Gasteiger partial charge >= 0.3 is 5.65 Å². The Balaban J connectivity index is 1.93. The molecule has 0 aliphatic heterocycles. The minimum Gasteiger partial charge on any atom is -0.349 e. The number of carbonyl (C=O) groups is 2. The smallest absolute Gasteiger partial charge is 0.306 e. The molecule has 0 fully saturated rings. The van der Waals surface area contributed by atoms with Crippen LogP contribution in [0.2, 0.25) is 0 Å². The Morgan fingerprint density at radius 2 is 1.88 bits per heavy atom. The molecule has 7 nitrogen and oxygen atoms in total. The van der Waals surface area contributed by atoms with Crippen LogP contribution in [0.15, 0.2) is 24.5 Å². The van der Waals surface area contributed by atoms with Crippen molar-refractivity contribution in [2.45, 2.75) is 53.5 Å². The van der Waals surface area contributed by atoms with Crippen LogP contribution in [0, 0.1) is 5.92 Å². The number of amides is 2. The average molecular weight is 457 g/mol. The van der Waals surface area contributed by atoms with Gasteiger partial charge in [-0.05, 0) is 37.8 Å². The molecule has 0 bridgehead atoms. The van der Waals surface area contributed by atoms with Gasteiger partial charge in [0.25, 0.3) is 11.8 Å². The highest BCUT2D eigenvalue weighted by Crippen LogP contribution is 2.28. The van der Waals surface area contributed by atoms with E-state index in [4.69, 9.17) is 4.98 Å². The molecule has 0 spiro atoms. The number of thiophene rings is 1. The van der Waals surface area contributed by atoms with E-state index in [9.17, 15) is 9.59 Å². The Hall–Kier alpha value is -2.74. The average Bonchev–Trinajstić information content (AvgIpc) is 3.40. The number of hydrogen-bond donors (Lipinski definition) is 2. The first-order valence-electron chi connectivity index (χ1n) is 11.3. The van der Waals surface area contributed by atoms with Crippen molar-refractivity contribution >= 4 is 34.3 Å². The Morgan fingerprint density at radius 3 is 2.50 bits per heavy atom. The summed E-state index contributed by atoms with van der Waals surface area (Å²) in [5.74, 6) is 0.268. The van der Waals surface area contributed by atoms with E-state index in [2.05, 4.69) is 38.0 Å². The van der Waals surface area contributed by atoms with Gasteiger partial charge in [-0.1, -0.05) is 27.7 Å². The second-order valence-corrected chi connectivity index (χ2v) is 9.68. The van der Waals surface area contributed by atoms with Gasteiger partial charge in [0.05, 0.1) is 16.8 Å². The predicted molar refractivity (Wildman–Crippen MR) is 129 cm³/mol. The monoisotopic (exact) mass is 456 g/mol. The number of rotatable bonds is 9. The van der Waals surface area contributed by atoms with E-state index in [0.717, 1.165) is 42.1 Å². The maximum Gasteiger partial charge on any atom is 0.306 e. The molecule has 3 rings (SSSR count). The van der Waals surface area contributed by atoms with E-state index >= 15 is 0 Å². The molecule has 3 aromatic heterocycles. The van der Waals surface area contributed by atoms with Crippen LogP contribution >= 0.6 is 11.3 Å². The van der Waals surface area contributed by atoms with Crippen LogP contribution in [-0.2, 0) is 7.05 Å². The number of H-pyrrole nitrogens is 1. The fourth-order valence-corrected chi connectivity index (χ4v) is 4.46. The van der Waals surface area contributed by atoms with Crippen LogP contribution in [0.1, 0.15) is 67.5 Å². The summed E-state index contributed by atoms with van der Waals surface area (Å²) in [5, 5.41) is 3.05. The van der Waals surface area contributed by atoms with E-state index < -0.39 is 0 Å². The van der Waals surface area contributed by atoms with E-state index in [0.29, 0.717) is 21.9 Å². The van der Waals surface area contributed by atoms with Crippen LogP contribution in [0.4, 0.5) is 0 Å². The molecule has 32 heavy (non-hydrogen) atoms. The molecule has 0 saturated heterocycles. The first-order chi connectivity index (χ1) is 15.3. The summed E-state index contributed by atoms with van der Waals surface area (Å²) in [5.41, 5.74) is 2.67. The molecule has 0 saturated carbocycles. The molecule has 172 valence electrons. The lowest BCUT2D eigenvalue weighted by Gasteiger charge is -2.20. The number of fused-ring (bicyclic) bond motifs is 1. The van der Waals surface area contributed by atoms with Crippen molar-refractivity contribution in [1.29, 1.82) is 0 Å². The molecule has 8 heteroatoms. The SMILES string of the molecule is CCCN(CCC)C(=O)c1ccc(-c2c[n+](C)c3[nH]cc(C(=O)NC(C)C(C)C)c3n2)s1. The number of aryl methyl sites for hydroxylation is 1. The summed E-state index contributed by atoms with van der Waals surface area (Å²) in [6, 6.07) is 3.88. The third kappa shape index (κ3) is 5.01. The van der Waals surface area contributed by atoms with Crippen molar-refractivity contribution in [1.82, 2.24) is 20.2 Å². The fraction of sp³-hybridized carbons (Fsp3) is 0.500. The fourth-order valence-electron chi connectivity index (χ4n) is 3.53. The zero-order chi connectivity index (χ0) is 23.4. The predicted octanol–water partition coefficient (Wildman–Crippen LogP) is 4.15. The standard InChI is InChI=1S/C24H33N5O2S/c1-7-11-29(12-8-2)24(31)20-10-9-19(32-20)18-14-28(6)22-21(27-18)17(13-25-22)23(30)26-16(5)15(3)4/h9-10,13-16H,7-8,11-12H2,1-6H3,(H,26,30)/p+1. The van der Waals surface area contributed by atoms with Crippen LogP contribution < -0.4 is 9.88 Å². The molecule has 1 atom stereocenters. The zero-order valence-corrected chi connectivity index (χ0v) is 20.7. The van der Waals surface area contributed by atoms with Gasteiger partial charge in [-0.15, -0.1) is 11.3 Å². The van der Waals surface area contributed by atoms with Crippen molar-refractivity contribution in [3.63, 3.8) is 0 Å². The van der Waals surface area contributed by atoms with Gasteiger partial charge in [0.1, 0.15) is 23.7 Å².